The van der Waals surface area contributed by atoms with Crippen LogP contribution in [0.3, 0.4) is 0 Å². The van der Waals surface area contributed by atoms with Gasteiger partial charge >= 0.3 is 0 Å². The van der Waals surface area contributed by atoms with E-state index in [1.165, 1.54) is 0 Å². The number of hydrogen-bond donors (Lipinski definition) is 2. The second kappa shape index (κ2) is 6.95. The summed E-state index contributed by atoms with van der Waals surface area (Å²) in [5.74, 6) is 2.25. The summed E-state index contributed by atoms with van der Waals surface area (Å²) in [6, 6.07) is 7.68. The number of hydrogen-bond acceptors (Lipinski definition) is 6. The van der Waals surface area contributed by atoms with Crippen molar-refractivity contribution < 1.29 is 9.53 Å². The summed E-state index contributed by atoms with van der Waals surface area (Å²) in [6.07, 6.45) is 4.34. The van der Waals surface area contributed by atoms with E-state index in [2.05, 4.69) is 31.2 Å². The summed E-state index contributed by atoms with van der Waals surface area (Å²) in [6.45, 7) is 0. The number of carbonyl (C=O) groups is 1. The lowest BCUT2D eigenvalue weighted by molar-refractivity contribution is -0.120. The fraction of sp³-hybridized carbons (Fsp3) is 0.312. The largest absolute Gasteiger partial charge is 0.452 e. The van der Waals surface area contributed by atoms with Crippen LogP contribution in [0.25, 0.3) is 0 Å². The Hall–Kier alpha value is -2.15. The van der Waals surface area contributed by atoms with Crippen molar-refractivity contribution in [2.45, 2.75) is 31.7 Å². The summed E-state index contributed by atoms with van der Waals surface area (Å²) in [7, 11) is 0. The normalized spacial score (nSPS) is 15.4. The maximum absolute atomic E-state index is 11.3. The molecule has 0 atom stereocenters. The van der Waals surface area contributed by atoms with Crippen molar-refractivity contribution in [2.24, 2.45) is 0 Å². The van der Waals surface area contributed by atoms with Gasteiger partial charge in [0.25, 0.3) is 0 Å². The standard InChI is InChI=1S/C16H17BrN4O2/c17-10-1-7-13(8-2-10)23-14-9-19-16(18)21-15(14)20-11-3-5-12(22)6-4-11/h1-2,7-9,11H,3-6H2,(H3,18,19,20,21). The monoisotopic (exact) mass is 376 g/mol. The van der Waals surface area contributed by atoms with Gasteiger partial charge in [0, 0.05) is 23.4 Å². The van der Waals surface area contributed by atoms with Crippen LogP contribution in [0.1, 0.15) is 25.7 Å². The molecule has 0 aliphatic heterocycles. The average molecular weight is 377 g/mol. The first-order valence-corrected chi connectivity index (χ1v) is 8.23. The Morgan fingerprint density at radius 2 is 1.91 bits per heavy atom. The van der Waals surface area contributed by atoms with Crippen molar-refractivity contribution in [1.82, 2.24) is 9.97 Å². The van der Waals surface area contributed by atoms with E-state index in [0.29, 0.717) is 35.9 Å². The number of nitrogens with zero attached hydrogens (tertiary/aromatic N) is 2. The van der Waals surface area contributed by atoms with Crippen LogP contribution in [0.5, 0.6) is 11.5 Å². The van der Waals surface area contributed by atoms with E-state index in [9.17, 15) is 4.79 Å². The molecule has 6 nitrogen and oxygen atoms in total. The van der Waals surface area contributed by atoms with Gasteiger partial charge in [-0.15, -0.1) is 0 Å². The van der Waals surface area contributed by atoms with Gasteiger partial charge in [0.05, 0.1) is 6.20 Å². The van der Waals surface area contributed by atoms with Gasteiger partial charge in [0.15, 0.2) is 11.6 Å². The Labute approximate surface area is 142 Å². The first-order chi connectivity index (χ1) is 11.1. The van der Waals surface area contributed by atoms with Crippen LogP contribution in [-0.4, -0.2) is 21.8 Å². The molecule has 7 heteroatoms. The number of halogens is 1. The highest BCUT2D eigenvalue weighted by Gasteiger charge is 2.20. The molecule has 0 spiro atoms. The fourth-order valence-electron chi connectivity index (χ4n) is 2.47. The molecule has 1 heterocycles. The first kappa shape index (κ1) is 15.7. The number of benzene rings is 1. The van der Waals surface area contributed by atoms with Gasteiger partial charge in [-0.05, 0) is 37.1 Å². The molecule has 1 aliphatic carbocycles. The summed E-state index contributed by atoms with van der Waals surface area (Å²) < 4.78 is 6.83. The van der Waals surface area contributed by atoms with Crippen molar-refractivity contribution in [3.8, 4) is 11.5 Å². The zero-order valence-corrected chi connectivity index (χ0v) is 14.0. The Bertz CT molecular complexity index is 696. The van der Waals surface area contributed by atoms with Gasteiger partial charge < -0.3 is 15.8 Å². The van der Waals surface area contributed by atoms with E-state index in [1.54, 1.807) is 6.20 Å². The van der Waals surface area contributed by atoms with Crippen LogP contribution < -0.4 is 15.8 Å². The van der Waals surface area contributed by atoms with Crippen LogP contribution in [0.15, 0.2) is 34.9 Å². The van der Waals surface area contributed by atoms with Gasteiger partial charge in [0.1, 0.15) is 11.5 Å². The van der Waals surface area contributed by atoms with Crippen molar-refractivity contribution in [3.63, 3.8) is 0 Å². The number of nitrogens with two attached hydrogens (primary N) is 1. The maximum atomic E-state index is 11.3. The van der Waals surface area contributed by atoms with Crippen LogP contribution in [0.2, 0.25) is 0 Å². The highest BCUT2D eigenvalue weighted by molar-refractivity contribution is 9.10. The molecule has 1 aliphatic rings. The number of nitrogens with one attached hydrogen (secondary N) is 1. The van der Waals surface area contributed by atoms with Crippen LogP contribution in [-0.2, 0) is 4.79 Å². The SMILES string of the molecule is Nc1ncc(Oc2ccc(Br)cc2)c(NC2CCC(=O)CC2)n1. The lowest BCUT2D eigenvalue weighted by Gasteiger charge is -2.23. The lowest BCUT2D eigenvalue weighted by Crippen LogP contribution is -2.26. The molecule has 0 amide bonds. The minimum atomic E-state index is 0.183. The highest BCUT2D eigenvalue weighted by Crippen LogP contribution is 2.30. The van der Waals surface area contributed by atoms with E-state index in [4.69, 9.17) is 10.5 Å². The summed E-state index contributed by atoms with van der Waals surface area (Å²) in [5.41, 5.74) is 5.69. The van der Waals surface area contributed by atoms with E-state index in [-0.39, 0.29) is 12.0 Å². The lowest BCUT2D eigenvalue weighted by atomic mass is 9.94. The Balaban J connectivity index is 1.77. The summed E-state index contributed by atoms with van der Waals surface area (Å²) >= 11 is 3.39. The second-order valence-electron chi connectivity index (χ2n) is 5.45. The minimum absolute atomic E-state index is 0.183. The molecule has 120 valence electrons. The van der Waals surface area contributed by atoms with E-state index in [0.717, 1.165) is 17.3 Å². The zero-order valence-electron chi connectivity index (χ0n) is 12.5. The molecular formula is C16H17BrN4O2. The van der Waals surface area contributed by atoms with Gasteiger partial charge in [-0.25, -0.2) is 4.98 Å². The Morgan fingerprint density at radius 1 is 1.22 bits per heavy atom. The molecule has 2 aromatic rings. The molecule has 1 aromatic carbocycles. The molecule has 0 unspecified atom stereocenters. The second-order valence-corrected chi connectivity index (χ2v) is 6.37. The van der Waals surface area contributed by atoms with Crippen molar-refractivity contribution in [2.75, 3.05) is 11.1 Å². The van der Waals surface area contributed by atoms with Gasteiger partial charge in [-0.2, -0.15) is 4.98 Å². The third kappa shape index (κ3) is 4.19. The number of rotatable bonds is 4. The average Bonchev–Trinajstić information content (AvgIpc) is 2.54. The zero-order chi connectivity index (χ0) is 16.2. The predicted octanol–water partition coefficient (Wildman–Crippen LogP) is 3.54. The quantitative estimate of drug-likeness (QED) is 0.847. The minimum Gasteiger partial charge on any atom is -0.452 e. The van der Waals surface area contributed by atoms with Gasteiger partial charge in [-0.1, -0.05) is 15.9 Å². The number of nitrogen functional groups attached to an aromatic ring is 1. The highest BCUT2D eigenvalue weighted by atomic mass is 79.9. The molecule has 1 fully saturated rings. The van der Waals surface area contributed by atoms with Crippen molar-refractivity contribution in [3.05, 3.63) is 34.9 Å². The number of ketones is 1. The third-order valence-electron chi connectivity index (χ3n) is 3.70. The van der Waals surface area contributed by atoms with Gasteiger partial charge in [-0.3, -0.25) is 4.79 Å². The van der Waals surface area contributed by atoms with E-state index >= 15 is 0 Å². The van der Waals surface area contributed by atoms with Crippen molar-refractivity contribution in [1.29, 1.82) is 0 Å². The Morgan fingerprint density at radius 3 is 2.61 bits per heavy atom. The molecular weight excluding hydrogens is 360 g/mol. The summed E-state index contributed by atoms with van der Waals surface area (Å²) in [4.78, 5) is 19.6. The molecule has 1 saturated carbocycles. The number of carbonyl (C=O) groups excluding carboxylic acids is 1. The smallest absolute Gasteiger partial charge is 0.222 e. The molecule has 0 radical (unpaired) electrons. The van der Waals surface area contributed by atoms with E-state index < -0.39 is 0 Å². The topological polar surface area (TPSA) is 90.1 Å². The van der Waals surface area contributed by atoms with E-state index in [1.807, 2.05) is 24.3 Å². The number of aromatic nitrogens is 2. The first-order valence-electron chi connectivity index (χ1n) is 7.44. The number of ether oxygens (including phenoxy) is 1. The van der Waals surface area contributed by atoms with Crippen molar-refractivity contribution >= 4 is 33.5 Å². The Kier molecular flexibility index (Phi) is 4.76. The van der Waals surface area contributed by atoms with Gasteiger partial charge in [0.2, 0.25) is 5.95 Å². The molecule has 23 heavy (non-hydrogen) atoms. The van der Waals surface area contributed by atoms with Crippen LogP contribution in [0.4, 0.5) is 11.8 Å². The molecule has 0 saturated heterocycles. The number of Topliss-reactive ketones (excluding diaryl/α,β-unsaturated/α-hetero) is 1. The molecule has 1 aromatic heterocycles. The number of anilines is 2. The molecule has 3 rings (SSSR count). The van der Waals surface area contributed by atoms with Crippen LogP contribution >= 0.6 is 15.9 Å². The summed E-state index contributed by atoms with van der Waals surface area (Å²) in [5, 5.41) is 3.32. The fourth-order valence-corrected chi connectivity index (χ4v) is 2.73. The maximum Gasteiger partial charge on any atom is 0.222 e. The molecule has 3 N–H and O–H groups in total. The third-order valence-corrected chi connectivity index (χ3v) is 4.23. The molecule has 0 bridgehead atoms. The van der Waals surface area contributed by atoms with Crippen LogP contribution in [0, 0.1) is 0 Å². The predicted molar refractivity (Wildman–Crippen MR) is 91.5 cm³/mol.